The summed E-state index contributed by atoms with van der Waals surface area (Å²) in [5.74, 6) is 0.778. The van der Waals surface area contributed by atoms with Crippen LogP contribution in [0.25, 0.3) is 22.3 Å². The van der Waals surface area contributed by atoms with E-state index in [1.54, 1.807) is 24.4 Å². The first kappa shape index (κ1) is 17.9. The molecule has 6 nitrogen and oxygen atoms in total. The lowest BCUT2D eigenvalue weighted by molar-refractivity contribution is 0.0951. The number of nitrogens with zero attached hydrogens (tertiary/aromatic N) is 1. The summed E-state index contributed by atoms with van der Waals surface area (Å²) >= 11 is 0. The molecule has 0 saturated heterocycles. The number of hydrogen-bond donors (Lipinski definition) is 3. The third-order valence-electron chi connectivity index (χ3n) is 4.80. The first-order valence-electron chi connectivity index (χ1n) is 9.09. The van der Waals surface area contributed by atoms with Gasteiger partial charge < -0.3 is 20.9 Å². The van der Waals surface area contributed by atoms with E-state index in [9.17, 15) is 9.90 Å². The number of rotatable bonds is 5. The number of nitrogens with one attached hydrogen (secondary N) is 1. The molecule has 1 saturated carbocycles. The Balaban J connectivity index is 1.64. The molecule has 28 heavy (non-hydrogen) atoms. The van der Waals surface area contributed by atoms with E-state index in [2.05, 4.69) is 10.3 Å². The fraction of sp³-hybridized carbons (Fsp3) is 0.182. The summed E-state index contributed by atoms with van der Waals surface area (Å²) in [6, 6.07) is 14.7. The molecule has 1 aliphatic rings. The van der Waals surface area contributed by atoms with Crippen LogP contribution in [0.15, 0.2) is 54.7 Å². The Hall–Kier alpha value is -3.54. The molecule has 1 fully saturated rings. The van der Waals surface area contributed by atoms with Gasteiger partial charge in [-0.2, -0.15) is 0 Å². The number of amides is 1. The van der Waals surface area contributed by atoms with Crippen molar-refractivity contribution in [1.82, 2.24) is 10.3 Å². The van der Waals surface area contributed by atoms with E-state index in [0.717, 1.165) is 35.1 Å². The maximum atomic E-state index is 12.1. The molecule has 1 amide bonds. The van der Waals surface area contributed by atoms with Gasteiger partial charge in [-0.05, 0) is 54.3 Å². The molecule has 3 aromatic rings. The molecule has 142 valence electrons. The average Bonchev–Trinajstić information content (AvgIpc) is 3.53. The van der Waals surface area contributed by atoms with Gasteiger partial charge in [0.05, 0.1) is 7.11 Å². The van der Waals surface area contributed by atoms with Crippen LogP contribution in [0.2, 0.25) is 0 Å². The summed E-state index contributed by atoms with van der Waals surface area (Å²) in [5, 5.41) is 12.8. The third-order valence-corrected chi connectivity index (χ3v) is 4.80. The van der Waals surface area contributed by atoms with Crippen LogP contribution < -0.4 is 15.8 Å². The van der Waals surface area contributed by atoms with E-state index in [1.165, 1.54) is 7.11 Å². The lowest BCUT2D eigenvalue weighted by atomic mass is 10.00. The zero-order valence-corrected chi connectivity index (χ0v) is 15.5. The van der Waals surface area contributed by atoms with E-state index in [-0.39, 0.29) is 11.7 Å². The molecular weight excluding hydrogens is 354 g/mol. The summed E-state index contributed by atoms with van der Waals surface area (Å²) in [4.78, 5) is 16.5. The summed E-state index contributed by atoms with van der Waals surface area (Å²) in [6.07, 6.45) is 3.83. The zero-order valence-electron chi connectivity index (χ0n) is 15.5. The number of hydrogen-bond acceptors (Lipinski definition) is 5. The second-order valence-corrected chi connectivity index (χ2v) is 6.87. The summed E-state index contributed by atoms with van der Waals surface area (Å²) in [7, 11) is 1.50. The van der Waals surface area contributed by atoms with Crippen molar-refractivity contribution in [2.75, 3.05) is 12.8 Å². The molecule has 0 aliphatic heterocycles. The maximum absolute atomic E-state index is 12.1. The highest BCUT2D eigenvalue weighted by Crippen LogP contribution is 2.35. The van der Waals surface area contributed by atoms with Crippen LogP contribution in [0.4, 0.5) is 5.82 Å². The molecule has 0 unspecified atom stereocenters. The predicted octanol–water partition coefficient (Wildman–Crippen LogP) is 3.60. The van der Waals surface area contributed by atoms with Gasteiger partial charge in [0, 0.05) is 28.9 Å². The number of anilines is 1. The van der Waals surface area contributed by atoms with Gasteiger partial charge in [-0.3, -0.25) is 4.79 Å². The second kappa shape index (κ2) is 7.23. The van der Waals surface area contributed by atoms with Gasteiger partial charge in [-0.25, -0.2) is 4.98 Å². The Morgan fingerprint density at radius 3 is 2.50 bits per heavy atom. The SMILES string of the molecule is COc1cc(-c2cc(-c3ccc(C(=O)NC4CC4)cc3)cnc2N)ccc1O. The third kappa shape index (κ3) is 3.62. The molecular formula is C22H21N3O3. The van der Waals surface area contributed by atoms with Crippen molar-refractivity contribution < 1.29 is 14.6 Å². The summed E-state index contributed by atoms with van der Waals surface area (Å²) in [5.41, 5.74) is 10.1. The number of nitrogens with two attached hydrogens (primary N) is 1. The molecule has 1 aliphatic carbocycles. The van der Waals surface area contributed by atoms with Gasteiger partial charge in [0.1, 0.15) is 5.82 Å². The molecule has 0 spiro atoms. The van der Waals surface area contributed by atoms with Crippen molar-refractivity contribution in [1.29, 1.82) is 0 Å². The number of methoxy groups -OCH3 is 1. The van der Waals surface area contributed by atoms with Crippen molar-refractivity contribution in [2.45, 2.75) is 18.9 Å². The Morgan fingerprint density at radius 2 is 1.82 bits per heavy atom. The molecule has 0 bridgehead atoms. The normalized spacial score (nSPS) is 13.2. The Morgan fingerprint density at radius 1 is 1.11 bits per heavy atom. The lowest BCUT2D eigenvalue weighted by Crippen LogP contribution is -2.25. The number of nitrogen functional groups attached to an aromatic ring is 1. The van der Waals surface area contributed by atoms with Crippen molar-refractivity contribution in [2.24, 2.45) is 0 Å². The topological polar surface area (TPSA) is 97.5 Å². The Labute approximate surface area is 163 Å². The fourth-order valence-corrected chi connectivity index (χ4v) is 3.02. The van der Waals surface area contributed by atoms with Crippen LogP contribution in [0, 0.1) is 0 Å². The predicted molar refractivity (Wildman–Crippen MR) is 108 cm³/mol. The van der Waals surface area contributed by atoms with Gasteiger partial charge in [-0.1, -0.05) is 18.2 Å². The van der Waals surface area contributed by atoms with Crippen LogP contribution in [0.1, 0.15) is 23.2 Å². The highest BCUT2D eigenvalue weighted by atomic mass is 16.5. The molecule has 0 radical (unpaired) electrons. The molecule has 4 rings (SSSR count). The molecule has 1 aromatic heterocycles. The highest BCUT2D eigenvalue weighted by molar-refractivity contribution is 5.95. The number of pyridine rings is 1. The van der Waals surface area contributed by atoms with Crippen LogP contribution >= 0.6 is 0 Å². The summed E-state index contributed by atoms with van der Waals surface area (Å²) < 4.78 is 5.18. The Kier molecular flexibility index (Phi) is 4.61. The van der Waals surface area contributed by atoms with E-state index < -0.39 is 0 Å². The quantitative estimate of drug-likeness (QED) is 0.633. The van der Waals surface area contributed by atoms with E-state index in [4.69, 9.17) is 10.5 Å². The smallest absolute Gasteiger partial charge is 0.251 e. The van der Waals surface area contributed by atoms with Crippen LogP contribution in [0.5, 0.6) is 11.5 Å². The van der Waals surface area contributed by atoms with E-state index >= 15 is 0 Å². The van der Waals surface area contributed by atoms with E-state index in [0.29, 0.717) is 23.2 Å². The van der Waals surface area contributed by atoms with Gasteiger partial charge in [-0.15, -0.1) is 0 Å². The van der Waals surface area contributed by atoms with Crippen LogP contribution in [-0.4, -0.2) is 29.1 Å². The number of phenolic OH excluding ortho intramolecular Hbond substituents is 1. The second-order valence-electron chi connectivity index (χ2n) is 6.87. The van der Waals surface area contributed by atoms with Gasteiger partial charge in [0.2, 0.25) is 0 Å². The van der Waals surface area contributed by atoms with E-state index in [1.807, 2.05) is 30.3 Å². The highest BCUT2D eigenvalue weighted by Gasteiger charge is 2.23. The number of aromatic hydroxyl groups is 1. The zero-order chi connectivity index (χ0) is 19.7. The van der Waals surface area contributed by atoms with Crippen molar-refractivity contribution in [3.05, 3.63) is 60.3 Å². The molecule has 1 heterocycles. The molecule has 0 atom stereocenters. The number of carbonyl (C=O) groups excluding carboxylic acids is 1. The van der Waals surface area contributed by atoms with Crippen molar-refractivity contribution in [3.63, 3.8) is 0 Å². The number of aromatic nitrogens is 1. The van der Waals surface area contributed by atoms with Crippen LogP contribution in [0.3, 0.4) is 0 Å². The van der Waals surface area contributed by atoms with Gasteiger partial charge in [0.15, 0.2) is 11.5 Å². The molecule has 4 N–H and O–H groups in total. The monoisotopic (exact) mass is 375 g/mol. The first-order valence-corrected chi connectivity index (χ1v) is 9.09. The lowest BCUT2D eigenvalue weighted by Gasteiger charge is -2.11. The van der Waals surface area contributed by atoms with Gasteiger partial charge in [0.25, 0.3) is 5.91 Å². The standard InChI is InChI=1S/C22H21N3O3/c1-28-20-11-15(6-9-19(20)26)18-10-16(12-24-21(18)23)13-2-4-14(5-3-13)22(27)25-17-7-8-17/h2-6,9-12,17,26H,7-8H2,1H3,(H2,23,24)(H,25,27). The number of ether oxygens (including phenoxy) is 1. The first-order chi connectivity index (χ1) is 13.5. The molecule has 6 heteroatoms. The number of phenols is 1. The molecule has 2 aromatic carbocycles. The van der Waals surface area contributed by atoms with Crippen LogP contribution in [-0.2, 0) is 0 Å². The minimum absolute atomic E-state index is 0.0404. The largest absolute Gasteiger partial charge is 0.504 e. The minimum atomic E-state index is -0.0404. The van der Waals surface area contributed by atoms with Crippen molar-refractivity contribution in [3.8, 4) is 33.8 Å². The maximum Gasteiger partial charge on any atom is 0.251 e. The minimum Gasteiger partial charge on any atom is -0.504 e. The summed E-state index contributed by atoms with van der Waals surface area (Å²) in [6.45, 7) is 0. The average molecular weight is 375 g/mol. The fourth-order valence-electron chi connectivity index (χ4n) is 3.02. The van der Waals surface area contributed by atoms with Gasteiger partial charge >= 0.3 is 0 Å². The number of carbonyl (C=O) groups is 1. The number of benzene rings is 2. The Bertz CT molecular complexity index is 1030. The van der Waals surface area contributed by atoms with Crippen molar-refractivity contribution >= 4 is 11.7 Å².